The highest BCUT2D eigenvalue weighted by molar-refractivity contribution is 14.1. The fourth-order valence-corrected chi connectivity index (χ4v) is 2.46. The number of hydrogen-bond acceptors (Lipinski definition) is 2. The van der Waals surface area contributed by atoms with Crippen LogP contribution in [0, 0.1) is 3.57 Å². The molecule has 2 nitrogen and oxygen atoms in total. The van der Waals surface area contributed by atoms with Crippen molar-refractivity contribution in [2.24, 2.45) is 0 Å². The fourth-order valence-electron chi connectivity index (χ4n) is 1.94. The van der Waals surface area contributed by atoms with E-state index in [-0.39, 0.29) is 11.7 Å². The summed E-state index contributed by atoms with van der Waals surface area (Å²) < 4.78 is 12.8. The highest BCUT2D eigenvalue weighted by atomic mass is 127. The minimum atomic E-state index is 0.0269. The van der Waals surface area contributed by atoms with Crippen LogP contribution in [-0.2, 0) is 4.74 Å². The van der Waals surface area contributed by atoms with Gasteiger partial charge in [0, 0.05) is 3.57 Å². The zero-order valence-electron chi connectivity index (χ0n) is 9.70. The Balaban J connectivity index is 1.84. The molecule has 1 aliphatic rings. The first kappa shape index (κ1) is 12.2. The molecule has 1 fully saturated rings. The summed E-state index contributed by atoms with van der Waals surface area (Å²) in [6.45, 7) is 4.93. The van der Waals surface area contributed by atoms with Crippen molar-refractivity contribution < 1.29 is 9.47 Å². The molecule has 1 aromatic carbocycles. The monoisotopic (exact) mass is 332 g/mol. The van der Waals surface area contributed by atoms with Crippen LogP contribution >= 0.6 is 22.6 Å². The Bertz CT molecular complexity index is 363. The van der Waals surface area contributed by atoms with Crippen molar-refractivity contribution in [1.82, 2.24) is 0 Å². The number of halogens is 1. The Morgan fingerprint density at radius 2 is 2.31 bits per heavy atom. The number of benzene rings is 1. The lowest BCUT2D eigenvalue weighted by Gasteiger charge is -2.19. The number of rotatable bonds is 3. The van der Waals surface area contributed by atoms with Gasteiger partial charge < -0.3 is 9.47 Å². The molecular formula is C13H17IO2. The second-order valence-electron chi connectivity index (χ2n) is 4.81. The quantitative estimate of drug-likeness (QED) is 0.787. The molecule has 1 saturated heterocycles. The van der Waals surface area contributed by atoms with Crippen molar-refractivity contribution in [3.63, 3.8) is 0 Å². The summed E-state index contributed by atoms with van der Waals surface area (Å²) in [4.78, 5) is 0. The van der Waals surface area contributed by atoms with Crippen molar-refractivity contribution in [2.75, 3.05) is 6.61 Å². The summed E-state index contributed by atoms with van der Waals surface area (Å²) in [5, 5.41) is 0. The Labute approximate surface area is 110 Å². The first-order valence-corrected chi connectivity index (χ1v) is 6.69. The van der Waals surface area contributed by atoms with Crippen molar-refractivity contribution in [1.29, 1.82) is 0 Å². The molecule has 1 heterocycles. The SMILES string of the molecule is CC1(C)CCC(COc2cccc(I)c2)O1. The average molecular weight is 332 g/mol. The van der Waals surface area contributed by atoms with Crippen molar-refractivity contribution >= 4 is 22.6 Å². The van der Waals surface area contributed by atoms with Crippen LogP contribution in [0.15, 0.2) is 24.3 Å². The van der Waals surface area contributed by atoms with E-state index in [2.05, 4.69) is 42.5 Å². The molecule has 0 N–H and O–H groups in total. The molecule has 2 rings (SSSR count). The third-order valence-corrected chi connectivity index (χ3v) is 3.46. The largest absolute Gasteiger partial charge is 0.491 e. The van der Waals surface area contributed by atoms with Crippen LogP contribution in [0.25, 0.3) is 0 Å². The first-order valence-electron chi connectivity index (χ1n) is 5.61. The molecule has 0 radical (unpaired) electrons. The van der Waals surface area contributed by atoms with E-state index in [0.29, 0.717) is 6.61 Å². The Hall–Kier alpha value is -0.290. The van der Waals surface area contributed by atoms with Crippen LogP contribution in [-0.4, -0.2) is 18.3 Å². The van der Waals surface area contributed by atoms with Crippen LogP contribution < -0.4 is 4.74 Å². The van der Waals surface area contributed by atoms with Crippen molar-refractivity contribution in [3.05, 3.63) is 27.8 Å². The maximum atomic E-state index is 5.87. The van der Waals surface area contributed by atoms with E-state index in [0.717, 1.165) is 18.6 Å². The predicted molar refractivity (Wildman–Crippen MR) is 72.8 cm³/mol. The fraction of sp³-hybridized carbons (Fsp3) is 0.538. The highest BCUT2D eigenvalue weighted by Crippen LogP contribution is 2.29. The average Bonchev–Trinajstić information content (AvgIpc) is 2.56. The lowest BCUT2D eigenvalue weighted by molar-refractivity contribution is -0.0326. The Kier molecular flexibility index (Phi) is 3.74. The van der Waals surface area contributed by atoms with Gasteiger partial charge in [-0.25, -0.2) is 0 Å². The summed E-state index contributed by atoms with van der Waals surface area (Å²) in [5.41, 5.74) is 0.0269. The molecule has 3 heteroatoms. The molecule has 1 atom stereocenters. The third-order valence-electron chi connectivity index (χ3n) is 2.79. The van der Waals surface area contributed by atoms with Crippen LogP contribution in [0.5, 0.6) is 5.75 Å². The van der Waals surface area contributed by atoms with Gasteiger partial charge in [-0.3, -0.25) is 0 Å². The van der Waals surface area contributed by atoms with Gasteiger partial charge in [0.05, 0.1) is 11.7 Å². The predicted octanol–water partition coefficient (Wildman–Crippen LogP) is 3.63. The molecule has 1 unspecified atom stereocenters. The van der Waals surface area contributed by atoms with Gasteiger partial charge in [-0.05, 0) is 67.5 Å². The van der Waals surface area contributed by atoms with Crippen LogP contribution in [0.3, 0.4) is 0 Å². The first-order chi connectivity index (χ1) is 7.55. The zero-order valence-corrected chi connectivity index (χ0v) is 11.9. The molecular weight excluding hydrogens is 315 g/mol. The van der Waals surface area contributed by atoms with Gasteiger partial charge in [-0.15, -0.1) is 0 Å². The Morgan fingerprint density at radius 1 is 1.50 bits per heavy atom. The van der Waals surface area contributed by atoms with Gasteiger partial charge in [-0.2, -0.15) is 0 Å². The van der Waals surface area contributed by atoms with E-state index in [1.807, 2.05) is 18.2 Å². The van der Waals surface area contributed by atoms with Crippen LogP contribution in [0.4, 0.5) is 0 Å². The van der Waals surface area contributed by atoms with Crippen LogP contribution in [0.2, 0.25) is 0 Å². The van der Waals surface area contributed by atoms with Crippen molar-refractivity contribution in [3.8, 4) is 5.75 Å². The normalized spacial score (nSPS) is 23.3. The van der Waals surface area contributed by atoms with E-state index in [4.69, 9.17) is 9.47 Å². The summed E-state index contributed by atoms with van der Waals surface area (Å²) in [6, 6.07) is 8.10. The summed E-state index contributed by atoms with van der Waals surface area (Å²) in [6.07, 6.45) is 2.46. The third kappa shape index (κ3) is 3.35. The van der Waals surface area contributed by atoms with Crippen LogP contribution in [0.1, 0.15) is 26.7 Å². The van der Waals surface area contributed by atoms with E-state index in [1.165, 1.54) is 3.57 Å². The van der Waals surface area contributed by atoms with E-state index in [9.17, 15) is 0 Å². The van der Waals surface area contributed by atoms with Gasteiger partial charge >= 0.3 is 0 Å². The molecule has 16 heavy (non-hydrogen) atoms. The maximum Gasteiger partial charge on any atom is 0.120 e. The second-order valence-corrected chi connectivity index (χ2v) is 6.05. The summed E-state index contributed by atoms with van der Waals surface area (Å²) >= 11 is 2.29. The molecule has 0 amide bonds. The minimum Gasteiger partial charge on any atom is -0.491 e. The lowest BCUT2D eigenvalue weighted by atomic mass is 10.1. The zero-order chi connectivity index (χ0) is 11.6. The van der Waals surface area contributed by atoms with E-state index in [1.54, 1.807) is 0 Å². The van der Waals surface area contributed by atoms with Gasteiger partial charge in [0.15, 0.2) is 0 Å². The standard InChI is InChI=1S/C13H17IO2/c1-13(2)7-6-12(16-13)9-15-11-5-3-4-10(14)8-11/h3-5,8,12H,6-7,9H2,1-2H3. The molecule has 0 aromatic heterocycles. The molecule has 88 valence electrons. The van der Waals surface area contributed by atoms with Gasteiger partial charge in [0.25, 0.3) is 0 Å². The summed E-state index contributed by atoms with van der Waals surface area (Å²) in [5.74, 6) is 0.931. The molecule has 1 aliphatic heterocycles. The topological polar surface area (TPSA) is 18.5 Å². The minimum absolute atomic E-state index is 0.0269. The number of ether oxygens (including phenoxy) is 2. The van der Waals surface area contributed by atoms with Gasteiger partial charge in [0.1, 0.15) is 12.4 Å². The molecule has 1 aromatic rings. The van der Waals surface area contributed by atoms with E-state index >= 15 is 0 Å². The van der Waals surface area contributed by atoms with Gasteiger partial charge in [0.2, 0.25) is 0 Å². The lowest BCUT2D eigenvalue weighted by Crippen LogP contribution is -2.23. The molecule has 0 aliphatic carbocycles. The smallest absolute Gasteiger partial charge is 0.120 e. The Morgan fingerprint density at radius 3 is 2.94 bits per heavy atom. The molecule has 0 bridgehead atoms. The summed E-state index contributed by atoms with van der Waals surface area (Å²) in [7, 11) is 0. The van der Waals surface area contributed by atoms with Crippen molar-refractivity contribution in [2.45, 2.75) is 38.4 Å². The second kappa shape index (κ2) is 4.92. The molecule has 0 spiro atoms. The maximum absolute atomic E-state index is 5.87. The highest BCUT2D eigenvalue weighted by Gasteiger charge is 2.31. The van der Waals surface area contributed by atoms with Gasteiger partial charge in [-0.1, -0.05) is 6.07 Å². The molecule has 0 saturated carbocycles. The van der Waals surface area contributed by atoms with E-state index < -0.39 is 0 Å². The number of hydrogen-bond donors (Lipinski definition) is 0.